The molecule has 5 heteroatoms. The fourth-order valence-corrected chi connectivity index (χ4v) is 3.03. The van der Waals surface area contributed by atoms with Crippen LogP contribution in [0.3, 0.4) is 0 Å². The first-order chi connectivity index (χ1) is 8.81. The van der Waals surface area contributed by atoms with Gasteiger partial charge in [0, 0.05) is 31.9 Å². The number of likely N-dealkylation sites (tertiary alicyclic amines) is 1. The number of amides is 1. The van der Waals surface area contributed by atoms with Crippen LogP contribution >= 0.6 is 0 Å². The molecule has 0 aliphatic carbocycles. The molecule has 2 aliphatic rings. The van der Waals surface area contributed by atoms with Gasteiger partial charge in [-0.2, -0.15) is 0 Å². The van der Waals surface area contributed by atoms with Crippen molar-refractivity contribution in [3.8, 4) is 0 Å². The zero-order valence-corrected chi connectivity index (χ0v) is 10.2. The molecule has 5 nitrogen and oxygen atoms in total. The first-order valence-corrected chi connectivity index (χ1v) is 6.24. The van der Waals surface area contributed by atoms with E-state index in [9.17, 15) is 4.79 Å². The van der Waals surface area contributed by atoms with E-state index >= 15 is 0 Å². The summed E-state index contributed by atoms with van der Waals surface area (Å²) in [5.74, 6) is 1.09. The Balaban J connectivity index is 1.83. The minimum atomic E-state index is 0.221. The Morgan fingerprint density at radius 1 is 1.44 bits per heavy atom. The van der Waals surface area contributed by atoms with Crippen molar-refractivity contribution < 1.29 is 4.79 Å². The third-order valence-electron chi connectivity index (χ3n) is 3.78. The highest BCUT2D eigenvalue weighted by Crippen LogP contribution is 2.34. The third kappa shape index (κ3) is 1.66. The number of carbonyl (C=O) groups is 1. The van der Waals surface area contributed by atoms with Crippen LogP contribution < -0.4 is 4.90 Å². The summed E-state index contributed by atoms with van der Waals surface area (Å²) in [7, 11) is 0. The lowest BCUT2D eigenvalue weighted by Gasteiger charge is -2.25. The van der Waals surface area contributed by atoms with Crippen LogP contribution in [-0.2, 0) is 4.79 Å². The van der Waals surface area contributed by atoms with Crippen molar-refractivity contribution in [3.05, 3.63) is 31.2 Å². The van der Waals surface area contributed by atoms with E-state index < -0.39 is 0 Å². The number of rotatable bonds is 3. The SMILES string of the molecule is C=CCN1C(=O)CC2C1CCN2c1cnccn1. The van der Waals surface area contributed by atoms with E-state index in [1.807, 2.05) is 4.90 Å². The van der Waals surface area contributed by atoms with Crippen LogP contribution in [0.2, 0.25) is 0 Å². The topological polar surface area (TPSA) is 49.3 Å². The molecule has 2 unspecified atom stereocenters. The Bertz CT molecular complexity index is 461. The van der Waals surface area contributed by atoms with Crippen molar-refractivity contribution in [2.75, 3.05) is 18.0 Å². The van der Waals surface area contributed by atoms with Gasteiger partial charge >= 0.3 is 0 Å². The Morgan fingerprint density at radius 2 is 2.33 bits per heavy atom. The van der Waals surface area contributed by atoms with Gasteiger partial charge in [-0.05, 0) is 6.42 Å². The van der Waals surface area contributed by atoms with Crippen molar-refractivity contribution in [1.82, 2.24) is 14.9 Å². The zero-order valence-electron chi connectivity index (χ0n) is 10.2. The monoisotopic (exact) mass is 244 g/mol. The average molecular weight is 244 g/mol. The summed E-state index contributed by atoms with van der Waals surface area (Å²) in [5.41, 5.74) is 0. The van der Waals surface area contributed by atoms with E-state index in [1.54, 1.807) is 24.7 Å². The maximum atomic E-state index is 12.0. The fraction of sp³-hybridized carbons (Fsp3) is 0.462. The number of nitrogens with zero attached hydrogens (tertiary/aromatic N) is 4. The van der Waals surface area contributed by atoms with Crippen molar-refractivity contribution in [3.63, 3.8) is 0 Å². The molecule has 1 aromatic heterocycles. The largest absolute Gasteiger partial charge is 0.350 e. The number of hydrogen-bond donors (Lipinski definition) is 0. The van der Waals surface area contributed by atoms with Crippen LogP contribution in [0.1, 0.15) is 12.8 Å². The second kappa shape index (κ2) is 4.40. The van der Waals surface area contributed by atoms with E-state index in [0.717, 1.165) is 18.8 Å². The lowest BCUT2D eigenvalue weighted by molar-refractivity contribution is -0.128. The van der Waals surface area contributed by atoms with Crippen LogP contribution in [-0.4, -0.2) is 45.9 Å². The van der Waals surface area contributed by atoms with E-state index in [-0.39, 0.29) is 11.9 Å². The predicted molar refractivity (Wildman–Crippen MR) is 68.1 cm³/mol. The molecule has 1 amide bonds. The summed E-state index contributed by atoms with van der Waals surface area (Å²) in [6.45, 7) is 5.31. The summed E-state index contributed by atoms with van der Waals surface area (Å²) in [5, 5.41) is 0. The normalized spacial score (nSPS) is 26.6. The van der Waals surface area contributed by atoms with Crippen LogP contribution in [0.25, 0.3) is 0 Å². The molecule has 2 fully saturated rings. The molecule has 2 saturated heterocycles. The number of hydrogen-bond acceptors (Lipinski definition) is 4. The predicted octanol–water partition coefficient (Wildman–Crippen LogP) is 0.842. The second-order valence-electron chi connectivity index (χ2n) is 4.72. The van der Waals surface area contributed by atoms with E-state index in [4.69, 9.17) is 0 Å². The molecule has 3 rings (SSSR count). The van der Waals surface area contributed by atoms with Crippen molar-refractivity contribution in [1.29, 1.82) is 0 Å². The van der Waals surface area contributed by atoms with Gasteiger partial charge in [0.05, 0.1) is 18.3 Å². The Morgan fingerprint density at radius 3 is 3.06 bits per heavy atom. The van der Waals surface area contributed by atoms with Gasteiger partial charge in [-0.3, -0.25) is 9.78 Å². The van der Waals surface area contributed by atoms with Crippen LogP contribution in [0, 0.1) is 0 Å². The van der Waals surface area contributed by atoms with Crippen LogP contribution in [0.4, 0.5) is 5.82 Å². The lowest BCUT2D eigenvalue weighted by Crippen LogP contribution is -2.37. The quantitative estimate of drug-likeness (QED) is 0.739. The third-order valence-corrected chi connectivity index (χ3v) is 3.78. The van der Waals surface area contributed by atoms with Crippen LogP contribution in [0.5, 0.6) is 0 Å². The molecule has 0 radical (unpaired) electrons. The second-order valence-corrected chi connectivity index (χ2v) is 4.72. The Kier molecular flexibility index (Phi) is 2.74. The molecule has 0 N–H and O–H groups in total. The molecule has 0 bridgehead atoms. The van der Waals surface area contributed by atoms with E-state index in [1.165, 1.54) is 0 Å². The maximum absolute atomic E-state index is 12.0. The number of fused-ring (bicyclic) bond motifs is 1. The van der Waals surface area contributed by atoms with Gasteiger partial charge in [0.1, 0.15) is 5.82 Å². The van der Waals surface area contributed by atoms with E-state index in [0.29, 0.717) is 19.0 Å². The fourth-order valence-electron chi connectivity index (χ4n) is 3.03. The van der Waals surface area contributed by atoms with Gasteiger partial charge in [0.2, 0.25) is 5.91 Å². The van der Waals surface area contributed by atoms with Crippen molar-refractivity contribution in [2.45, 2.75) is 24.9 Å². The Hall–Kier alpha value is -1.91. The van der Waals surface area contributed by atoms with Gasteiger partial charge in [-0.1, -0.05) is 6.08 Å². The standard InChI is InChI=1S/C13H16N4O/c1-2-6-17-10-3-7-16(11(10)8-13(17)18)12-9-14-4-5-15-12/h2,4-5,9-11H,1,3,6-8H2. The number of carbonyl (C=O) groups excluding carboxylic acids is 1. The molecule has 0 aromatic carbocycles. The van der Waals surface area contributed by atoms with Gasteiger partial charge < -0.3 is 9.80 Å². The molecule has 94 valence electrons. The van der Waals surface area contributed by atoms with Gasteiger partial charge in [-0.25, -0.2) is 4.98 Å². The summed E-state index contributed by atoms with van der Waals surface area (Å²) in [6.07, 6.45) is 8.51. The number of anilines is 1. The smallest absolute Gasteiger partial charge is 0.225 e. The van der Waals surface area contributed by atoms with Crippen molar-refractivity contribution >= 4 is 11.7 Å². The minimum absolute atomic E-state index is 0.221. The van der Waals surface area contributed by atoms with Gasteiger partial charge in [-0.15, -0.1) is 6.58 Å². The summed E-state index contributed by atoms with van der Waals surface area (Å²) < 4.78 is 0. The molecule has 0 saturated carbocycles. The molecule has 1 aromatic rings. The Labute approximate surface area is 106 Å². The van der Waals surface area contributed by atoms with Crippen molar-refractivity contribution in [2.24, 2.45) is 0 Å². The summed E-state index contributed by atoms with van der Waals surface area (Å²) in [6, 6.07) is 0.548. The molecular weight excluding hydrogens is 228 g/mol. The molecule has 2 aliphatic heterocycles. The maximum Gasteiger partial charge on any atom is 0.225 e. The molecule has 18 heavy (non-hydrogen) atoms. The molecule has 3 heterocycles. The molecule has 0 spiro atoms. The average Bonchev–Trinajstić information content (AvgIpc) is 2.92. The molecular formula is C13H16N4O. The first kappa shape index (κ1) is 11.2. The van der Waals surface area contributed by atoms with Gasteiger partial charge in [0.25, 0.3) is 0 Å². The summed E-state index contributed by atoms with van der Waals surface area (Å²) in [4.78, 5) is 24.5. The molecule has 2 atom stereocenters. The van der Waals surface area contributed by atoms with Gasteiger partial charge in [0.15, 0.2) is 0 Å². The van der Waals surface area contributed by atoms with E-state index in [2.05, 4.69) is 21.4 Å². The highest BCUT2D eigenvalue weighted by atomic mass is 16.2. The number of aromatic nitrogens is 2. The first-order valence-electron chi connectivity index (χ1n) is 6.24. The summed E-state index contributed by atoms with van der Waals surface area (Å²) >= 11 is 0. The zero-order chi connectivity index (χ0) is 12.5. The van der Waals surface area contributed by atoms with Crippen LogP contribution in [0.15, 0.2) is 31.2 Å². The lowest BCUT2D eigenvalue weighted by atomic mass is 10.1. The minimum Gasteiger partial charge on any atom is -0.350 e. The highest BCUT2D eigenvalue weighted by molar-refractivity contribution is 5.81. The highest BCUT2D eigenvalue weighted by Gasteiger charge is 2.46.